The minimum absolute atomic E-state index is 0.213. The van der Waals surface area contributed by atoms with E-state index in [1.807, 2.05) is 74.5 Å². The molecule has 8 heteroatoms. The van der Waals surface area contributed by atoms with Gasteiger partial charge in [0.2, 0.25) is 0 Å². The van der Waals surface area contributed by atoms with E-state index in [9.17, 15) is 14.7 Å². The summed E-state index contributed by atoms with van der Waals surface area (Å²) in [6.45, 7) is 5.52. The molecule has 3 aromatic rings. The van der Waals surface area contributed by atoms with Gasteiger partial charge >= 0.3 is 5.97 Å². The zero-order chi connectivity index (χ0) is 25.0. The van der Waals surface area contributed by atoms with Crippen molar-refractivity contribution in [3.63, 3.8) is 0 Å². The van der Waals surface area contributed by atoms with E-state index >= 15 is 0 Å². The number of aromatic nitrogens is 2. The molecule has 0 saturated carbocycles. The number of rotatable bonds is 8. The van der Waals surface area contributed by atoms with E-state index in [-0.39, 0.29) is 12.5 Å². The van der Waals surface area contributed by atoms with Gasteiger partial charge in [-0.05, 0) is 26.0 Å². The summed E-state index contributed by atoms with van der Waals surface area (Å²) in [6, 6.07) is 15.2. The van der Waals surface area contributed by atoms with Crippen LogP contribution < -0.4 is 4.90 Å². The topological polar surface area (TPSA) is 92.6 Å². The predicted octanol–water partition coefficient (Wildman–Crippen LogP) is 5.15. The van der Waals surface area contributed by atoms with Crippen LogP contribution in [0.1, 0.15) is 29.2 Å². The fraction of sp³-hybridized carbons (Fsp3) is 0.259. The van der Waals surface area contributed by atoms with Gasteiger partial charge in [0.25, 0.3) is 5.91 Å². The Hall–Kier alpha value is -3.62. The standard InChI is InChI=1S/C27H27N3O4S/c1-18-23(35-24(29-18)20-11-5-4-6-12-20)25(31)30(22-14-8-10-16-28-22)17-27(3)15-9-7-13-21(27)34-19(2)26(32)33/h4-16,19,21H,17H2,1-3H3,(H,32,33). The molecule has 0 saturated heterocycles. The lowest BCUT2D eigenvalue weighted by molar-refractivity contribution is -0.153. The summed E-state index contributed by atoms with van der Waals surface area (Å²) in [5, 5.41) is 10.1. The number of nitrogens with zero attached hydrogens (tertiary/aromatic N) is 3. The third kappa shape index (κ3) is 5.39. The number of allylic oxidation sites excluding steroid dienone is 2. The number of thiazole rings is 1. The Labute approximate surface area is 208 Å². The van der Waals surface area contributed by atoms with Crippen molar-refractivity contribution >= 4 is 29.0 Å². The molecule has 2 aromatic heterocycles. The highest BCUT2D eigenvalue weighted by Gasteiger charge is 2.39. The second-order valence-electron chi connectivity index (χ2n) is 8.67. The van der Waals surface area contributed by atoms with E-state index in [0.29, 0.717) is 16.4 Å². The Morgan fingerprint density at radius 3 is 2.60 bits per heavy atom. The molecular weight excluding hydrogens is 462 g/mol. The average Bonchev–Trinajstić information content (AvgIpc) is 3.26. The number of ether oxygens (including phenoxy) is 1. The molecule has 1 aromatic carbocycles. The fourth-order valence-electron chi connectivity index (χ4n) is 3.91. The summed E-state index contributed by atoms with van der Waals surface area (Å²) >= 11 is 1.35. The summed E-state index contributed by atoms with van der Waals surface area (Å²) in [4.78, 5) is 36.6. The van der Waals surface area contributed by atoms with E-state index in [1.165, 1.54) is 18.3 Å². The van der Waals surface area contributed by atoms with Gasteiger partial charge in [-0.15, -0.1) is 11.3 Å². The van der Waals surface area contributed by atoms with Gasteiger partial charge in [0, 0.05) is 23.7 Å². The van der Waals surface area contributed by atoms with Crippen molar-refractivity contribution in [2.24, 2.45) is 5.41 Å². The Balaban J connectivity index is 1.69. The number of hydrogen-bond acceptors (Lipinski definition) is 6. The fourth-order valence-corrected chi connectivity index (χ4v) is 4.93. The van der Waals surface area contributed by atoms with Crippen molar-refractivity contribution < 1.29 is 19.4 Å². The van der Waals surface area contributed by atoms with Crippen LogP contribution in [-0.2, 0) is 9.53 Å². The third-order valence-electron chi connectivity index (χ3n) is 5.90. The van der Waals surface area contributed by atoms with Crippen molar-refractivity contribution in [1.82, 2.24) is 9.97 Å². The molecule has 0 fully saturated rings. The molecule has 35 heavy (non-hydrogen) atoms. The predicted molar refractivity (Wildman–Crippen MR) is 137 cm³/mol. The number of carbonyl (C=O) groups excluding carboxylic acids is 1. The van der Waals surface area contributed by atoms with E-state index in [4.69, 9.17) is 4.74 Å². The Kier molecular flexibility index (Phi) is 7.23. The van der Waals surface area contributed by atoms with Gasteiger partial charge < -0.3 is 9.84 Å². The number of aryl methyl sites for hydroxylation is 1. The zero-order valence-corrected chi connectivity index (χ0v) is 20.6. The smallest absolute Gasteiger partial charge is 0.332 e. The number of carboxylic acid groups (broad SMARTS) is 1. The molecule has 180 valence electrons. The molecule has 3 atom stereocenters. The van der Waals surface area contributed by atoms with E-state index in [1.54, 1.807) is 23.2 Å². The van der Waals surface area contributed by atoms with E-state index in [2.05, 4.69) is 9.97 Å². The molecule has 3 unspecified atom stereocenters. The van der Waals surface area contributed by atoms with Crippen molar-refractivity contribution in [2.45, 2.75) is 33.0 Å². The summed E-state index contributed by atoms with van der Waals surface area (Å²) in [7, 11) is 0. The maximum atomic E-state index is 13.9. The molecule has 2 heterocycles. The van der Waals surface area contributed by atoms with Gasteiger partial charge in [0.15, 0.2) is 6.10 Å². The summed E-state index contributed by atoms with van der Waals surface area (Å²) in [5.41, 5.74) is 0.913. The van der Waals surface area contributed by atoms with Crippen LogP contribution in [0.3, 0.4) is 0 Å². The number of benzene rings is 1. The Morgan fingerprint density at radius 2 is 1.91 bits per heavy atom. The molecule has 1 aliphatic carbocycles. The number of carboxylic acids is 1. The first-order valence-electron chi connectivity index (χ1n) is 11.3. The van der Waals surface area contributed by atoms with Crippen LogP contribution in [0.4, 0.5) is 5.82 Å². The molecule has 0 radical (unpaired) electrons. The maximum Gasteiger partial charge on any atom is 0.332 e. The first kappa shape index (κ1) is 24.5. The van der Waals surface area contributed by atoms with Gasteiger partial charge in [-0.3, -0.25) is 9.69 Å². The minimum Gasteiger partial charge on any atom is -0.479 e. The summed E-state index contributed by atoms with van der Waals surface area (Å²) < 4.78 is 5.87. The first-order chi connectivity index (χ1) is 16.8. The first-order valence-corrected chi connectivity index (χ1v) is 12.1. The lowest BCUT2D eigenvalue weighted by Crippen LogP contribution is -2.47. The van der Waals surface area contributed by atoms with Crippen molar-refractivity contribution in [2.75, 3.05) is 11.4 Å². The van der Waals surface area contributed by atoms with Crippen LogP contribution in [0.5, 0.6) is 0 Å². The lowest BCUT2D eigenvalue weighted by atomic mass is 9.80. The highest BCUT2D eigenvalue weighted by Crippen LogP contribution is 2.35. The van der Waals surface area contributed by atoms with E-state index in [0.717, 1.165) is 10.6 Å². The molecule has 7 nitrogen and oxygen atoms in total. The number of pyridine rings is 1. The van der Waals surface area contributed by atoms with Crippen molar-refractivity contribution in [1.29, 1.82) is 0 Å². The van der Waals surface area contributed by atoms with Gasteiger partial charge in [0.05, 0.1) is 11.8 Å². The Bertz CT molecular complexity index is 1260. The van der Waals surface area contributed by atoms with Gasteiger partial charge in [-0.25, -0.2) is 14.8 Å². The summed E-state index contributed by atoms with van der Waals surface area (Å²) in [5.74, 6) is -0.752. The minimum atomic E-state index is -1.04. The Morgan fingerprint density at radius 1 is 1.17 bits per heavy atom. The monoisotopic (exact) mass is 489 g/mol. The number of amides is 1. The van der Waals surface area contributed by atoms with Gasteiger partial charge in [0.1, 0.15) is 15.7 Å². The van der Waals surface area contributed by atoms with Crippen LogP contribution in [-0.4, -0.2) is 45.7 Å². The molecule has 1 N–H and O–H groups in total. The molecule has 1 amide bonds. The van der Waals surface area contributed by atoms with Crippen molar-refractivity contribution in [3.05, 3.63) is 89.6 Å². The number of anilines is 1. The highest BCUT2D eigenvalue weighted by atomic mass is 32.1. The second-order valence-corrected chi connectivity index (χ2v) is 9.66. The molecule has 0 bridgehead atoms. The van der Waals surface area contributed by atoms with E-state index < -0.39 is 23.6 Å². The number of hydrogen-bond donors (Lipinski definition) is 1. The highest BCUT2D eigenvalue weighted by molar-refractivity contribution is 7.17. The molecule has 4 rings (SSSR count). The maximum absolute atomic E-state index is 13.9. The van der Waals surface area contributed by atoms with Crippen LogP contribution in [0.2, 0.25) is 0 Å². The van der Waals surface area contributed by atoms with Gasteiger partial charge in [-0.1, -0.05) is 67.6 Å². The molecule has 1 aliphatic rings. The number of aliphatic carboxylic acids is 1. The largest absolute Gasteiger partial charge is 0.479 e. The third-order valence-corrected chi connectivity index (χ3v) is 7.10. The number of carbonyl (C=O) groups is 2. The van der Waals surface area contributed by atoms with Gasteiger partial charge in [-0.2, -0.15) is 0 Å². The zero-order valence-electron chi connectivity index (χ0n) is 19.8. The summed E-state index contributed by atoms with van der Waals surface area (Å²) in [6.07, 6.45) is 7.60. The van der Waals surface area contributed by atoms with Crippen LogP contribution in [0, 0.1) is 12.3 Å². The van der Waals surface area contributed by atoms with Crippen LogP contribution in [0.25, 0.3) is 10.6 Å². The second kappa shape index (κ2) is 10.3. The molecule has 0 spiro atoms. The molecular formula is C27H27N3O4S. The quantitative estimate of drug-likeness (QED) is 0.470. The van der Waals surface area contributed by atoms with Crippen molar-refractivity contribution in [3.8, 4) is 10.6 Å². The average molecular weight is 490 g/mol. The van der Waals surface area contributed by atoms with Crippen LogP contribution in [0.15, 0.2) is 79.0 Å². The molecule has 0 aliphatic heterocycles. The SMILES string of the molecule is Cc1nc(-c2ccccc2)sc1C(=O)N(CC1(C)C=CC=CC1OC(C)C(=O)O)c1ccccn1. The van der Waals surface area contributed by atoms with Crippen LogP contribution >= 0.6 is 11.3 Å². The normalized spacial score (nSPS) is 19.9. The lowest BCUT2D eigenvalue weighted by Gasteiger charge is -2.39.